The molecule has 41 heavy (non-hydrogen) atoms. The second-order valence-electron chi connectivity index (χ2n) is 9.78. The molecule has 0 spiro atoms. The molecule has 10 nitrogen and oxygen atoms in total. The third-order valence-corrected chi connectivity index (χ3v) is 7.79. The number of para-hydroxylation sites is 1. The summed E-state index contributed by atoms with van der Waals surface area (Å²) in [6.07, 6.45) is 2.11. The lowest BCUT2D eigenvalue weighted by Crippen LogP contribution is -2.43. The SMILES string of the molecule is CN(CC(O)CSc1nc2ccccc2c(=O)[nH]1)CN(Cc1ccc(Cl)cc1)C(=O)c1cn(C)c2occc2c1=O. The minimum atomic E-state index is -0.788. The number of furan rings is 1. The molecule has 5 aromatic rings. The number of aryl methyl sites for hydroxylation is 1. The molecule has 5 rings (SSSR count). The second-order valence-corrected chi connectivity index (χ2v) is 11.2. The van der Waals surface area contributed by atoms with Crippen LogP contribution in [0.4, 0.5) is 0 Å². The van der Waals surface area contributed by atoms with Gasteiger partial charge in [0, 0.05) is 37.1 Å². The predicted octanol–water partition coefficient (Wildman–Crippen LogP) is 3.71. The molecule has 0 bridgehead atoms. The maximum Gasteiger partial charge on any atom is 0.260 e. The van der Waals surface area contributed by atoms with E-state index in [2.05, 4.69) is 9.97 Å². The van der Waals surface area contributed by atoms with E-state index in [9.17, 15) is 19.5 Å². The van der Waals surface area contributed by atoms with Crippen molar-refractivity contribution in [1.82, 2.24) is 24.3 Å². The van der Waals surface area contributed by atoms with Crippen molar-refractivity contribution in [1.29, 1.82) is 0 Å². The molecule has 2 aromatic carbocycles. The largest absolute Gasteiger partial charge is 0.448 e. The Morgan fingerprint density at radius 2 is 1.90 bits per heavy atom. The van der Waals surface area contributed by atoms with Gasteiger partial charge in [-0.05, 0) is 42.9 Å². The Kier molecular flexibility index (Phi) is 8.60. The number of thioether (sulfide) groups is 1. The first-order valence-electron chi connectivity index (χ1n) is 12.8. The number of amides is 1. The molecular formula is C29H28ClN5O5S. The lowest BCUT2D eigenvalue weighted by atomic mass is 10.1. The van der Waals surface area contributed by atoms with Crippen molar-refractivity contribution in [3.63, 3.8) is 0 Å². The monoisotopic (exact) mass is 593 g/mol. The molecule has 0 saturated heterocycles. The minimum Gasteiger partial charge on any atom is -0.448 e. The van der Waals surface area contributed by atoms with Crippen molar-refractivity contribution in [2.45, 2.75) is 17.8 Å². The van der Waals surface area contributed by atoms with Crippen LogP contribution in [0.3, 0.4) is 0 Å². The molecule has 212 valence electrons. The summed E-state index contributed by atoms with van der Waals surface area (Å²) in [6.45, 7) is 0.592. The van der Waals surface area contributed by atoms with Crippen LogP contribution in [0, 0.1) is 0 Å². The average Bonchev–Trinajstić information content (AvgIpc) is 3.46. The topological polar surface area (TPSA) is 125 Å². The molecular weight excluding hydrogens is 566 g/mol. The molecule has 3 heterocycles. The van der Waals surface area contributed by atoms with E-state index in [1.165, 1.54) is 24.2 Å². The van der Waals surface area contributed by atoms with Gasteiger partial charge in [0.25, 0.3) is 11.5 Å². The Hall–Kier alpha value is -3.90. The van der Waals surface area contributed by atoms with Crippen molar-refractivity contribution in [3.05, 3.63) is 104 Å². The van der Waals surface area contributed by atoms with Crippen LogP contribution in [0.25, 0.3) is 22.0 Å². The van der Waals surface area contributed by atoms with Crippen LogP contribution in [0.15, 0.2) is 86.2 Å². The Balaban J connectivity index is 1.30. The van der Waals surface area contributed by atoms with Crippen molar-refractivity contribution >= 4 is 51.3 Å². The van der Waals surface area contributed by atoms with Gasteiger partial charge >= 0.3 is 0 Å². The summed E-state index contributed by atoms with van der Waals surface area (Å²) in [5.74, 6) is -0.175. The molecule has 0 aliphatic heterocycles. The number of H-pyrrole nitrogens is 1. The van der Waals surface area contributed by atoms with E-state index in [4.69, 9.17) is 16.0 Å². The molecule has 0 radical (unpaired) electrons. The number of aliphatic hydroxyl groups is 1. The summed E-state index contributed by atoms with van der Waals surface area (Å²) in [5, 5.41) is 12.6. The van der Waals surface area contributed by atoms with Gasteiger partial charge in [0.2, 0.25) is 11.1 Å². The number of fused-ring (bicyclic) bond motifs is 2. The van der Waals surface area contributed by atoms with E-state index >= 15 is 0 Å². The van der Waals surface area contributed by atoms with Gasteiger partial charge in [0.1, 0.15) is 5.56 Å². The lowest BCUT2D eigenvalue weighted by molar-refractivity contribution is 0.0563. The molecule has 0 saturated carbocycles. The lowest BCUT2D eigenvalue weighted by Gasteiger charge is -2.29. The van der Waals surface area contributed by atoms with Crippen LogP contribution in [-0.2, 0) is 13.6 Å². The fraction of sp³-hybridized carbons (Fsp3) is 0.241. The van der Waals surface area contributed by atoms with E-state index in [1.807, 2.05) is 18.2 Å². The van der Waals surface area contributed by atoms with E-state index in [-0.39, 0.29) is 36.6 Å². The third-order valence-electron chi connectivity index (χ3n) is 6.52. The van der Waals surface area contributed by atoms with Crippen molar-refractivity contribution in [3.8, 4) is 0 Å². The van der Waals surface area contributed by atoms with Crippen LogP contribution >= 0.6 is 23.4 Å². The second kappa shape index (κ2) is 12.3. The van der Waals surface area contributed by atoms with Gasteiger partial charge in [-0.2, -0.15) is 0 Å². The molecule has 0 aliphatic rings. The zero-order valence-electron chi connectivity index (χ0n) is 22.4. The normalized spacial score (nSPS) is 12.3. The number of nitrogens with zero attached hydrogens (tertiary/aromatic N) is 4. The molecule has 0 fully saturated rings. The first kappa shape index (κ1) is 28.6. The number of hydrogen-bond acceptors (Lipinski definition) is 8. The highest BCUT2D eigenvalue weighted by Gasteiger charge is 2.24. The third kappa shape index (κ3) is 6.54. The predicted molar refractivity (Wildman–Crippen MR) is 159 cm³/mol. The molecule has 2 N–H and O–H groups in total. The van der Waals surface area contributed by atoms with Gasteiger partial charge in [-0.1, -0.05) is 47.6 Å². The maximum absolute atomic E-state index is 13.7. The Labute approximate surface area is 244 Å². The molecule has 0 aliphatic carbocycles. The van der Waals surface area contributed by atoms with Gasteiger partial charge in [-0.3, -0.25) is 19.3 Å². The zero-order valence-corrected chi connectivity index (χ0v) is 24.0. The number of aliphatic hydroxyl groups excluding tert-OH is 1. The number of carbonyl (C=O) groups excluding carboxylic acids is 1. The summed E-state index contributed by atoms with van der Waals surface area (Å²) in [6, 6.07) is 15.7. The summed E-state index contributed by atoms with van der Waals surface area (Å²) < 4.78 is 7.00. The summed E-state index contributed by atoms with van der Waals surface area (Å²) in [4.78, 5) is 49.8. The van der Waals surface area contributed by atoms with Gasteiger partial charge in [-0.15, -0.1) is 0 Å². The Bertz CT molecular complexity index is 1820. The number of halogens is 1. The summed E-state index contributed by atoms with van der Waals surface area (Å²) >= 11 is 7.29. The number of pyridine rings is 1. The summed E-state index contributed by atoms with van der Waals surface area (Å²) in [5.41, 5.74) is 1.18. The van der Waals surface area contributed by atoms with Crippen LogP contribution in [-0.4, -0.2) is 67.5 Å². The molecule has 1 amide bonds. The molecule has 1 unspecified atom stereocenters. The quantitative estimate of drug-likeness (QED) is 0.143. The zero-order chi connectivity index (χ0) is 29.1. The standard InChI is InChI=1S/C29H28ClN5O5S/c1-33(14-20(36)16-41-29-31-24-6-4-3-5-21(24)26(38)32-29)17-35(13-18-7-9-19(30)10-8-18)27(39)23-15-34(2)28-22(25(23)37)11-12-40-28/h3-12,15,20,36H,13-14,16-17H2,1-2H3,(H,31,32,38). The van der Waals surface area contributed by atoms with Crippen LogP contribution in [0.1, 0.15) is 15.9 Å². The summed E-state index contributed by atoms with van der Waals surface area (Å²) in [7, 11) is 3.49. The van der Waals surface area contributed by atoms with Crippen LogP contribution < -0.4 is 11.0 Å². The highest BCUT2D eigenvalue weighted by Crippen LogP contribution is 2.18. The van der Waals surface area contributed by atoms with Gasteiger partial charge < -0.3 is 24.0 Å². The van der Waals surface area contributed by atoms with Crippen molar-refractivity contribution in [2.24, 2.45) is 7.05 Å². The van der Waals surface area contributed by atoms with Crippen LogP contribution in [0.5, 0.6) is 0 Å². The number of likely N-dealkylation sites (N-methyl/N-ethyl adjacent to an activating group) is 1. The highest BCUT2D eigenvalue weighted by molar-refractivity contribution is 7.99. The fourth-order valence-electron chi connectivity index (χ4n) is 4.59. The Morgan fingerprint density at radius 1 is 1.15 bits per heavy atom. The van der Waals surface area contributed by atoms with E-state index in [0.29, 0.717) is 32.2 Å². The first-order chi connectivity index (χ1) is 19.7. The van der Waals surface area contributed by atoms with Crippen LogP contribution in [0.2, 0.25) is 5.02 Å². The minimum absolute atomic E-state index is 0.0196. The number of nitrogens with one attached hydrogen (secondary N) is 1. The average molecular weight is 594 g/mol. The van der Waals surface area contributed by atoms with Gasteiger partial charge in [0.15, 0.2) is 5.16 Å². The smallest absolute Gasteiger partial charge is 0.260 e. The van der Waals surface area contributed by atoms with E-state index < -0.39 is 17.4 Å². The number of carbonyl (C=O) groups is 1. The molecule has 1 atom stereocenters. The molecule has 12 heteroatoms. The number of aromatic amines is 1. The Morgan fingerprint density at radius 3 is 2.68 bits per heavy atom. The van der Waals surface area contributed by atoms with Gasteiger partial charge in [-0.25, -0.2) is 4.98 Å². The first-order valence-corrected chi connectivity index (χ1v) is 14.1. The molecule has 3 aromatic heterocycles. The van der Waals surface area contributed by atoms with E-state index in [0.717, 1.165) is 5.56 Å². The number of hydrogen-bond donors (Lipinski definition) is 2. The number of rotatable bonds is 10. The van der Waals surface area contributed by atoms with Crippen molar-refractivity contribution < 1.29 is 14.3 Å². The maximum atomic E-state index is 13.7. The number of aromatic nitrogens is 3. The van der Waals surface area contributed by atoms with Gasteiger partial charge in [0.05, 0.1) is 35.3 Å². The highest BCUT2D eigenvalue weighted by atomic mass is 35.5. The van der Waals surface area contributed by atoms with Crippen molar-refractivity contribution in [2.75, 3.05) is 26.0 Å². The number of benzene rings is 2. The fourth-order valence-corrected chi connectivity index (χ4v) is 5.50. The van der Waals surface area contributed by atoms with E-state index in [1.54, 1.807) is 64.9 Å².